The number of rotatable bonds is 2. The molecule has 1 amide bonds. The first-order valence-corrected chi connectivity index (χ1v) is 8.73. The maximum Gasteiger partial charge on any atom is 0.257 e. The number of aromatic nitrogens is 1. The van der Waals surface area contributed by atoms with Crippen molar-refractivity contribution in [2.45, 2.75) is 39.2 Å². The number of benzene rings is 1. The molecule has 1 N–H and O–H groups in total. The molecule has 1 aromatic carbocycles. The van der Waals surface area contributed by atoms with Crippen molar-refractivity contribution in [2.75, 3.05) is 18.9 Å². The molecule has 0 unspecified atom stereocenters. The average molecular weight is 366 g/mol. The molecule has 0 aliphatic carbocycles. The van der Waals surface area contributed by atoms with Crippen LogP contribution in [0, 0.1) is 0 Å². The van der Waals surface area contributed by atoms with Gasteiger partial charge in [0, 0.05) is 30.0 Å². The zero-order valence-corrected chi connectivity index (χ0v) is 16.2. The Morgan fingerprint density at radius 1 is 1.25 bits per heavy atom. The van der Waals surface area contributed by atoms with Crippen molar-refractivity contribution in [1.82, 2.24) is 9.88 Å². The Morgan fingerprint density at radius 2 is 1.92 bits per heavy atom. The van der Waals surface area contributed by atoms with Gasteiger partial charge in [0.25, 0.3) is 5.91 Å². The lowest BCUT2D eigenvalue weighted by Gasteiger charge is -2.20. The molecule has 6 heteroatoms. The maximum atomic E-state index is 12.4. The van der Waals surface area contributed by atoms with Crippen molar-refractivity contribution in [3.8, 4) is 0 Å². The number of thiazole rings is 1. The number of amides is 1. The molecule has 0 spiro atoms. The summed E-state index contributed by atoms with van der Waals surface area (Å²) in [6.07, 6.45) is 0.957. The Morgan fingerprint density at radius 3 is 2.54 bits per heavy atom. The van der Waals surface area contributed by atoms with Crippen LogP contribution in [-0.4, -0.2) is 29.4 Å². The summed E-state index contributed by atoms with van der Waals surface area (Å²) in [7, 11) is 2.11. The third-order valence-corrected chi connectivity index (χ3v) is 5.15. The number of fused-ring (bicyclic) bond motifs is 1. The van der Waals surface area contributed by atoms with Crippen LogP contribution in [0.4, 0.5) is 5.13 Å². The number of carbonyl (C=O) groups excluding carboxylic acids is 1. The molecule has 1 aromatic heterocycles. The van der Waals surface area contributed by atoms with Crippen LogP contribution in [0.25, 0.3) is 0 Å². The number of nitrogens with zero attached hydrogens (tertiary/aromatic N) is 2. The molecule has 0 bridgehead atoms. The molecule has 24 heavy (non-hydrogen) atoms. The normalized spacial score (nSPS) is 14.7. The van der Waals surface area contributed by atoms with Gasteiger partial charge in [-0.25, -0.2) is 4.98 Å². The zero-order chi connectivity index (χ0) is 16.6. The average Bonchev–Trinajstić information content (AvgIpc) is 2.87. The van der Waals surface area contributed by atoms with Gasteiger partial charge in [-0.3, -0.25) is 10.1 Å². The number of hydrogen-bond donors (Lipinski definition) is 1. The Kier molecular flexibility index (Phi) is 5.68. The Labute approximate surface area is 153 Å². The number of likely N-dealkylation sites (N-methyl/N-ethyl adjacent to an activating group) is 1. The van der Waals surface area contributed by atoms with E-state index in [1.54, 1.807) is 11.3 Å². The lowest BCUT2D eigenvalue weighted by molar-refractivity contribution is 0.102. The third kappa shape index (κ3) is 4.15. The quantitative estimate of drug-likeness (QED) is 0.871. The summed E-state index contributed by atoms with van der Waals surface area (Å²) in [6.45, 7) is 8.44. The summed E-state index contributed by atoms with van der Waals surface area (Å²) in [6, 6.07) is 7.82. The molecule has 0 radical (unpaired) electrons. The lowest BCUT2D eigenvalue weighted by Crippen LogP contribution is -2.25. The molecular formula is C18H24ClN3OS. The summed E-state index contributed by atoms with van der Waals surface area (Å²) >= 11 is 1.58. The minimum atomic E-state index is -0.0927. The van der Waals surface area contributed by atoms with Gasteiger partial charge in [-0.15, -0.1) is 23.7 Å². The lowest BCUT2D eigenvalue weighted by atomic mass is 9.87. The first-order valence-electron chi connectivity index (χ1n) is 7.92. The highest BCUT2D eigenvalue weighted by Crippen LogP contribution is 2.28. The van der Waals surface area contributed by atoms with Crippen molar-refractivity contribution < 1.29 is 4.79 Å². The van der Waals surface area contributed by atoms with Gasteiger partial charge in [0.15, 0.2) is 5.13 Å². The van der Waals surface area contributed by atoms with Crippen LogP contribution in [0.5, 0.6) is 0 Å². The van der Waals surface area contributed by atoms with Gasteiger partial charge in [-0.05, 0) is 30.2 Å². The molecule has 3 rings (SSSR count). The van der Waals surface area contributed by atoms with Gasteiger partial charge in [-0.2, -0.15) is 0 Å². The molecular weight excluding hydrogens is 342 g/mol. The summed E-state index contributed by atoms with van der Waals surface area (Å²) in [5.74, 6) is -0.0927. The van der Waals surface area contributed by atoms with E-state index < -0.39 is 0 Å². The molecule has 130 valence electrons. The van der Waals surface area contributed by atoms with E-state index in [4.69, 9.17) is 0 Å². The fourth-order valence-electron chi connectivity index (χ4n) is 2.67. The van der Waals surface area contributed by atoms with Crippen molar-refractivity contribution in [3.63, 3.8) is 0 Å². The van der Waals surface area contributed by atoms with Gasteiger partial charge in [0.05, 0.1) is 5.69 Å². The highest BCUT2D eigenvalue weighted by atomic mass is 35.5. The zero-order valence-electron chi connectivity index (χ0n) is 14.5. The second-order valence-corrected chi connectivity index (χ2v) is 8.24. The molecule has 0 fully saturated rings. The van der Waals surface area contributed by atoms with E-state index in [2.05, 4.69) is 43.0 Å². The molecule has 0 saturated carbocycles. The van der Waals surface area contributed by atoms with Crippen molar-refractivity contribution in [1.29, 1.82) is 0 Å². The van der Waals surface area contributed by atoms with E-state index in [-0.39, 0.29) is 23.7 Å². The fraction of sp³-hybridized carbons (Fsp3) is 0.444. The second-order valence-electron chi connectivity index (χ2n) is 7.16. The first kappa shape index (κ1) is 18.9. The van der Waals surface area contributed by atoms with Gasteiger partial charge < -0.3 is 4.90 Å². The smallest absolute Gasteiger partial charge is 0.257 e. The predicted octanol–water partition coefficient (Wildman–Crippen LogP) is 4.10. The fourth-order valence-corrected chi connectivity index (χ4v) is 3.75. The minimum absolute atomic E-state index is 0. The summed E-state index contributed by atoms with van der Waals surface area (Å²) in [4.78, 5) is 20.5. The molecule has 4 nitrogen and oxygen atoms in total. The van der Waals surface area contributed by atoms with Gasteiger partial charge in [0.2, 0.25) is 0 Å². The number of hydrogen-bond acceptors (Lipinski definition) is 4. The second kappa shape index (κ2) is 7.21. The van der Waals surface area contributed by atoms with Gasteiger partial charge in [-0.1, -0.05) is 32.9 Å². The molecule has 1 aliphatic rings. The molecule has 2 aromatic rings. The Hall–Kier alpha value is -1.43. The first-order chi connectivity index (χ1) is 10.8. The standard InChI is InChI=1S/C18H23N3OS.ClH/c1-18(2,3)13-7-5-12(6-8-13)16(22)20-17-19-14-9-10-21(4)11-15(14)23-17;/h5-8H,9-11H2,1-4H3,(H,19,20,22);1H. The Balaban J connectivity index is 0.00000208. The summed E-state index contributed by atoms with van der Waals surface area (Å²) in [5, 5.41) is 3.64. The van der Waals surface area contributed by atoms with E-state index in [1.165, 1.54) is 10.4 Å². The Bertz CT molecular complexity index is 719. The van der Waals surface area contributed by atoms with Crippen LogP contribution in [0.3, 0.4) is 0 Å². The minimum Gasteiger partial charge on any atom is -0.301 e. The molecule has 1 aliphatic heterocycles. The van der Waals surface area contributed by atoms with E-state index >= 15 is 0 Å². The van der Waals surface area contributed by atoms with Crippen LogP contribution in [0.1, 0.15) is 47.3 Å². The number of anilines is 1. The van der Waals surface area contributed by atoms with Crippen LogP contribution < -0.4 is 5.32 Å². The molecule has 0 atom stereocenters. The van der Waals surface area contributed by atoms with Crippen LogP contribution in [0.2, 0.25) is 0 Å². The number of halogens is 1. The topological polar surface area (TPSA) is 45.2 Å². The van der Waals surface area contributed by atoms with Gasteiger partial charge in [0.1, 0.15) is 0 Å². The van der Waals surface area contributed by atoms with Crippen LogP contribution in [-0.2, 0) is 18.4 Å². The third-order valence-electron chi connectivity index (χ3n) is 4.16. The predicted molar refractivity (Wildman–Crippen MR) is 102 cm³/mol. The highest BCUT2D eigenvalue weighted by molar-refractivity contribution is 7.15. The van der Waals surface area contributed by atoms with Gasteiger partial charge >= 0.3 is 0 Å². The van der Waals surface area contributed by atoms with E-state index in [9.17, 15) is 4.79 Å². The summed E-state index contributed by atoms with van der Waals surface area (Å²) in [5.41, 5.74) is 3.12. The monoisotopic (exact) mass is 365 g/mol. The summed E-state index contributed by atoms with van der Waals surface area (Å²) < 4.78 is 0. The van der Waals surface area contributed by atoms with E-state index in [1.807, 2.05) is 24.3 Å². The molecule has 2 heterocycles. The van der Waals surface area contributed by atoms with Crippen LogP contribution in [0.15, 0.2) is 24.3 Å². The highest BCUT2D eigenvalue weighted by Gasteiger charge is 2.20. The van der Waals surface area contributed by atoms with Crippen LogP contribution >= 0.6 is 23.7 Å². The largest absolute Gasteiger partial charge is 0.301 e. The molecule has 0 saturated heterocycles. The van der Waals surface area contributed by atoms with Crippen molar-refractivity contribution in [3.05, 3.63) is 46.0 Å². The SMILES string of the molecule is CN1CCc2nc(NC(=O)c3ccc(C(C)(C)C)cc3)sc2C1.Cl. The maximum absolute atomic E-state index is 12.4. The van der Waals surface area contributed by atoms with Crippen molar-refractivity contribution in [2.24, 2.45) is 0 Å². The number of nitrogens with one attached hydrogen (secondary N) is 1. The van der Waals surface area contributed by atoms with Crippen molar-refractivity contribution >= 4 is 34.8 Å². The number of carbonyl (C=O) groups is 1. The van der Waals surface area contributed by atoms with E-state index in [0.29, 0.717) is 10.7 Å². The van der Waals surface area contributed by atoms with E-state index in [0.717, 1.165) is 25.2 Å².